The monoisotopic (exact) mass is 277 g/mol. The van der Waals surface area contributed by atoms with Crippen LogP contribution in [-0.4, -0.2) is 23.4 Å². The Kier molecular flexibility index (Phi) is 3.73. The zero-order valence-electron chi connectivity index (χ0n) is 9.76. The van der Waals surface area contributed by atoms with Gasteiger partial charge in [0.25, 0.3) is 0 Å². The zero-order chi connectivity index (χ0) is 12.5. The van der Waals surface area contributed by atoms with Crippen LogP contribution in [0.15, 0.2) is 0 Å². The van der Waals surface area contributed by atoms with Gasteiger partial charge in [0.1, 0.15) is 11.4 Å². The molecule has 2 rings (SSSR count). The molecule has 0 aromatic carbocycles. The fraction of sp³-hybridized carbons (Fsp3) is 0.800. The average molecular weight is 278 g/mol. The maximum atomic E-state index is 11.1. The van der Waals surface area contributed by atoms with E-state index in [4.69, 9.17) is 10.7 Å². The molecule has 0 radical (unpaired) electrons. The first kappa shape index (κ1) is 12.8. The Hall–Kier alpha value is -0.620. The maximum Gasteiger partial charge on any atom is 0.238 e. The summed E-state index contributed by atoms with van der Waals surface area (Å²) in [6.45, 7) is 2.84. The molecule has 0 atom stereocenters. The van der Waals surface area contributed by atoms with E-state index in [1.807, 2.05) is 4.68 Å². The van der Waals surface area contributed by atoms with E-state index in [2.05, 4.69) is 17.2 Å². The molecule has 1 saturated carbocycles. The summed E-state index contributed by atoms with van der Waals surface area (Å²) in [5.41, 5.74) is 1.50. The molecule has 5 nitrogen and oxygen atoms in total. The van der Waals surface area contributed by atoms with Crippen molar-refractivity contribution in [2.45, 2.75) is 50.8 Å². The highest BCUT2D eigenvalue weighted by molar-refractivity contribution is 8.13. The summed E-state index contributed by atoms with van der Waals surface area (Å²) in [7, 11) is 1.72. The van der Waals surface area contributed by atoms with Crippen molar-refractivity contribution in [1.29, 1.82) is 0 Å². The largest absolute Gasteiger partial charge is 0.249 e. The van der Waals surface area contributed by atoms with Crippen LogP contribution in [0.4, 0.5) is 0 Å². The number of hydrogen-bond acceptors (Lipinski definition) is 4. The van der Waals surface area contributed by atoms with Crippen LogP contribution in [0.5, 0.6) is 0 Å². The number of hydrogen-bond donors (Lipinski definition) is 0. The topological polar surface area (TPSA) is 64.8 Å². The van der Waals surface area contributed by atoms with Gasteiger partial charge in [0.15, 0.2) is 0 Å². The van der Waals surface area contributed by atoms with E-state index in [0.29, 0.717) is 11.6 Å². The Balaban J connectivity index is 2.31. The lowest BCUT2D eigenvalue weighted by Crippen LogP contribution is -2.17. The molecular weight excluding hydrogens is 262 g/mol. The van der Waals surface area contributed by atoms with Crippen LogP contribution >= 0.6 is 10.7 Å². The van der Waals surface area contributed by atoms with Gasteiger partial charge in [-0.25, -0.2) is 13.1 Å². The Morgan fingerprint density at radius 1 is 1.47 bits per heavy atom. The predicted octanol–water partition coefficient (Wildman–Crippen LogP) is 2.02. The van der Waals surface area contributed by atoms with Gasteiger partial charge in [-0.15, -0.1) is 5.10 Å². The fourth-order valence-corrected chi connectivity index (χ4v) is 2.97. The maximum absolute atomic E-state index is 11.1. The van der Waals surface area contributed by atoms with Crippen LogP contribution < -0.4 is 0 Å². The summed E-state index contributed by atoms with van der Waals surface area (Å²) in [4.78, 5) is 0. The molecule has 1 aliphatic carbocycles. The van der Waals surface area contributed by atoms with Crippen LogP contribution in [0.2, 0.25) is 0 Å². The molecule has 1 aromatic heterocycles. The van der Waals surface area contributed by atoms with E-state index in [1.54, 1.807) is 0 Å². The van der Waals surface area contributed by atoms with Crippen LogP contribution in [0.25, 0.3) is 0 Å². The number of halogens is 1. The van der Waals surface area contributed by atoms with E-state index in [9.17, 15) is 8.42 Å². The van der Waals surface area contributed by atoms with Crippen LogP contribution in [0.3, 0.4) is 0 Å². The first-order valence-electron chi connectivity index (χ1n) is 5.86. The molecule has 17 heavy (non-hydrogen) atoms. The van der Waals surface area contributed by atoms with E-state index in [1.165, 1.54) is 6.42 Å². The van der Waals surface area contributed by atoms with Crippen molar-refractivity contribution in [2.24, 2.45) is 0 Å². The molecule has 1 heterocycles. The average Bonchev–Trinajstić information content (AvgIpc) is 2.46. The summed E-state index contributed by atoms with van der Waals surface area (Å²) in [5.74, 6) is 0.189. The Bertz CT molecular complexity index is 494. The first-order valence-corrected chi connectivity index (χ1v) is 8.33. The minimum Gasteiger partial charge on any atom is -0.249 e. The van der Waals surface area contributed by atoms with Crippen molar-refractivity contribution in [2.75, 3.05) is 0 Å². The third-order valence-corrected chi connectivity index (χ3v) is 4.03. The second-order valence-corrected chi connectivity index (χ2v) is 7.23. The van der Waals surface area contributed by atoms with Gasteiger partial charge in [0.2, 0.25) is 9.05 Å². The zero-order valence-corrected chi connectivity index (χ0v) is 11.3. The predicted molar refractivity (Wildman–Crippen MR) is 65.4 cm³/mol. The first-order chi connectivity index (χ1) is 8.01. The van der Waals surface area contributed by atoms with Gasteiger partial charge < -0.3 is 0 Å². The quantitative estimate of drug-likeness (QED) is 0.773. The van der Waals surface area contributed by atoms with Crippen LogP contribution in [0.1, 0.15) is 49.9 Å². The highest BCUT2D eigenvalue weighted by Gasteiger charge is 2.29. The third-order valence-electron chi connectivity index (χ3n) is 3.08. The van der Waals surface area contributed by atoms with Crippen molar-refractivity contribution in [3.8, 4) is 0 Å². The molecule has 0 N–H and O–H groups in total. The third kappa shape index (κ3) is 2.98. The Labute approximate surface area is 106 Å². The molecule has 0 bridgehead atoms. The van der Waals surface area contributed by atoms with Crippen molar-refractivity contribution in [3.05, 3.63) is 11.4 Å². The lowest BCUT2D eigenvalue weighted by atomic mass is 9.82. The fourth-order valence-electron chi connectivity index (χ4n) is 2.13. The van der Waals surface area contributed by atoms with Gasteiger partial charge in [-0.3, -0.25) is 0 Å². The Morgan fingerprint density at radius 3 is 2.65 bits per heavy atom. The highest BCUT2D eigenvalue weighted by atomic mass is 35.7. The molecule has 7 heteroatoms. The Morgan fingerprint density at radius 2 is 2.18 bits per heavy atom. The SMILES string of the molecule is CCCn1nnc(CS(=O)(=O)Cl)c1C1CCC1. The molecule has 0 spiro atoms. The summed E-state index contributed by atoms with van der Waals surface area (Å²) < 4.78 is 24.1. The molecular formula is C10H16ClN3O2S. The molecule has 0 aliphatic heterocycles. The summed E-state index contributed by atoms with van der Waals surface area (Å²) in [5, 5.41) is 8.01. The molecule has 96 valence electrons. The molecule has 1 aliphatic rings. The van der Waals surface area contributed by atoms with Crippen molar-refractivity contribution >= 4 is 19.7 Å². The van der Waals surface area contributed by atoms with Crippen molar-refractivity contribution in [1.82, 2.24) is 15.0 Å². The minimum absolute atomic E-state index is 0.218. The van der Waals surface area contributed by atoms with E-state index >= 15 is 0 Å². The van der Waals surface area contributed by atoms with Gasteiger partial charge in [-0.1, -0.05) is 18.6 Å². The van der Waals surface area contributed by atoms with Crippen LogP contribution in [-0.2, 0) is 21.3 Å². The minimum atomic E-state index is -3.56. The number of aryl methyl sites for hydroxylation is 1. The van der Waals surface area contributed by atoms with Crippen molar-refractivity contribution in [3.63, 3.8) is 0 Å². The standard InChI is InChI=1S/C10H16ClN3O2S/c1-2-6-14-10(8-4-3-5-8)9(12-13-14)7-17(11,15)16/h8H,2-7H2,1H3. The lowest BCUT2D eigenvalue weighted by molar-refractivity contribution is 0.384. The van der Waals surface area contributed by atoms with Gasteiger partial charge in [-0.2, -0.15) is 0 Å². The summed E-state index contributed by atoms with van der Waals surface area (Å²) >= 11 is 0. The van der Waals surface area contributed by atoms with Gasteiger partial charge in [0.05, 0.1) is 5.69 Å². The van der Waals surface area contributed by atoms with Gasteiger partial charge >= 0.3 is 0 Å². The second kappa shape index (κ2) is 4.94. The summed E-state index contributed by atoms with van der Waals surface area (Å²) in [6.07, 6.45) is 4.32. The molecule has 1 aromatic rings. The molecule has 1 fully saturated rings. The molecule has 0 unspecified atom stereocenters. The van der Waals surface area contributed by atoms with Crippen LogP contribution in [0, 0.1) is 0 Å². The van der Waals surface area contributed by atoms with E-state index < -0.39 is 9.05 Å². The summed E-state index contributed by atoms with van der Waals surface area (Å²) in [6, 6.07) is 0. The van der Waals surface area contributed by atoms with Crippen molar-refractivity contribution < 1.29 is 8.42 Å². The second-order valence-electron chi connectivity index (χ2n) is 4.46. The van der Waals surface area contributed by atoms with E-state index in [-0.39, 0.29) is 5.75 Å². The molecule has 0 saturated heterocycles. The van der Waals surface area contributed by atoms with E-state index in [0.717, 1.165) is 31.5 Å². The number of nitrogens with zero attached hydrogens (tertiary/aromatic N) is 3. The normalized spacial score (nSPS) is 17.1. The highest BCUT2D eigenvalue weighted by Crippen LogP contribution is 2.38. The van der Waals surface area contributed by atoms with Gasteiger partial charge in [-0.05, 0) is 19.3 Å². The number of aromatic nitrogens is 3. The van der Waals surface area contributed by atoms with Gasteiger partial charge in [0, 0.05) is 23.1 Å². The molecule has 0 amide bonds. The number of rotatable bonds is 5. The lowest BCUT2D eigenvalue weighted by Gasteiger charge is -2.26. The smallest absolute Gasteiger partial charge is 0.238 e.